The summed E-state index contributed by atoms with van der Waals surface area (Å²) in [6.45, 7) is 6.18. The third kappa shape index (κ3) is 6.20. The second-order valence-electron chi connectivity index (χ2n) is 12.7. The fourth-order valence-corrected chi connectivity index (χ4v) is 8.46. The fraction of sp³-hybridized carbons (Fsp3) is 0.371. The van der Waals surface area contributed by atoms with Crippen LogP contribution < -0.4 is 10.5 Å². The molecule has 2 aromatic heterocycles. The zero-order chi connectivity index (χ0) is 32.7. The van der Waals surface area contributed by atoms with Crippen molar-refractivity contribution in [3.8, 4) is 5.75 Å². The number of piperidine rings is 1. The highest BCUT2D eigenvalue weighted by Gasteiger charge is 2.31. The Morgan fingerprint density at radius 2 is 1.91 bits per heavy atom. The maximum atomic E-state index is 15.0. The van der Waals surface area contributed by atoms with Gasteiger partial charge in [-0.25, -0.2) is 19.2 Å². The second-order valence-corrected chi connectivity index (χ2v) is 14.5. The first-order valence-electron chi connectivity index (χ1n) is 16.3. The Bertz CT molecular complexity index is 1870. The largest absolute Gasteiger partial charge is 0.481 e. The van der Waals surface area contributed by atoms with Crippen LogP contribution in [0.15, 0.2) is 54.6 Å². The standard InChI is InChI=1S/C35H38FN5O5Si/c1-47-30(29-13-16-45-29)18-41-31(38-26-8-9-27(35(43)44)39-34(26)41)19-40-14-11-20(12-15-40)23-4-2-3-21-6-10-28(46-32(21)23)24-7-5-22(33(37)42)17-25(24)36/h2-10,17,20,28-30H,11-16,18-19,47H2,1H3,(H2,37,42)(H,43,44)/t28-,29?,30?/m0/s1. The zero-order valence-corrected chi connectivity index (χ0v) is 27.7. The smallest absolute Gasteiger partial charge is 0.354 e. The van der Waals surface area contributed by atoms with Crippen LogP contribution in [0.1, 0.15) is 74.6 Å². The number of carbonyl (C=O) groups is 2. The molecule has 2 aromatic carbocycles. The van der Waals surface area contributed by atoms with Gasteiger partial charge in [0.25, 0.3) is 0 Å². The van der Waals surface area contributed by atoms with Gasteiger partial charge >= 0.3 is 5.97 Å². The van der Waals surface area contributed by atoms with Gasteiger partial charge in [0.15, 0.2) is 11.3 Å². The third-order valence-electron chi connectivity index (χ3n) is 9.85. The predicted molar refractivity (Wildman–Crippen MR) is 178 cm³/mol. The lowest BCUT2D eigenvalue weighted by Crippen LogP contribution is -2.36. The van der Waals surface area contributed by atoms with E-state index >= 15 is 0 Å². The van der Waals surface area contributed by atoms with Crippen molar-refractivity contribution in [2.24, 2.45) is 5.73 Å². The Labute approximate surface area is 274 Å². The van der Waals surface area contributed by atoms with Crippen molar-refractivity contribution in [1.82, 2.24) is 19.4 Å². The summed E-state index contributed by atoms with van der Waals surface area (Å²) >= 11 is 0. The van der Waals surface area contributed by atoms with Crippen LogP contribution >= 0.6 is 0 Å². The van der Waals surface area contributed by atoms with E-state index in [1.165, 1.54) is 12.1 Å². The molecule has 1 amide bonds. The number of aromatic carboxylic acids is 1. The summed E-state index contributed by atoms with van der Waals surface area (Å²) in [5, 5.41) is 9.61. The summed E-state index contributed by atoms with van der Waals surface area (Å²) in [7, 11) is -0.400. The average molecular weight is 656 g/mol. The lowest BCUT2D eigenvalue weighted by Gasteiger charge is -2.35. The summed E-state index contributed by atoms with van der Waals surface area (Å²) in [6, 6.07) is 13.7. The number of carbonyl (C=O) groups excluding carboxylic acids is 1. The number of ether oxygens (including phenoxy) is 2. The van der Waals surface area contributed by atoms with E-state index in [2.05, 4.69) is 27.1 Å². The van der Waals surface area contributed by atoms with E-state index in [1.54, 1.807) is 12.1 Å². The number of amides is 1. The number of fused-ring (bicyclic) bond motifs is 2. The quantitative estimate of drug-likeness (QED) is 0.235. The molecule has 0 aliphatic carbocycles. The number of aromatic nitrogens is 3. The molecule has 0 radical (unpaired) electrons. The summed E-state index contributed by atoms with van der Waals surface area (Å²) in [5.41, 5.74) is 9.65. The fourth-order valence-electron chi connectivity index (χ4n) is 7.05. The van der Waals surface area contributed by atoms with E-state index in [0.29, 0.717) is 28.8 Å². The maximum absolute atomic E-state index is 15.0. The molecule has 4 aromatic rings. The van der Waals surface area contributed by atoms with Crippen LogP contribution in [-0.2, 0) is 17.8 Å². The zero-order valence-electron chi connectivity index (χ0n) is 26.3. The number of imidazole rings is 1. The van der Waals surface area contributed by atoms with Gasteiger partial charge < -0.3 is 24.9 Å². The predicted octanol–water partition coefficient (Wildman–Crippen LogP) is 4.69. The Morgan fingerprint density at radius 1 is 1.11 bits per heavy atom. The minimum atomic E-state index is -1.05. The first-order chi connectivity index (χ1) is 22.8. The number of likely N-dealkylation sites (tertiary alicyclic amines) is 1. The highest BCUT2D eigenvalue weighted by molar-refractivity contribution is 6.36. The maximum Gasteiger partial charge on any atom is 0.354 e. The van der Waals surface area contributed by atoms with Crippen LogP contribution in [0.25, 0.3) is 17.2 Å². The van der Waals surface area contributed by atoms with E-state index in [-0.39, 0.29) is 23.3 Å². The molecule has 47 heavy (non-hydrogen) atoms. The molecule has 2 saturated heterocycles. The molecule has 2 fully saturated rings. The molecule has 7 rings (SSSR count). The van der Waals surface area contributed by atoms with Gasteiger partial charge in [-0.3, -0.25) is 9.69 Å². The number of nitrogens with zero attached hydrogens (tertiary/aromatic N) is 4. The number of hydrogen-bond donors (Lipinski definition) is 2. The van der Waals surface area contributed by atoms with Crippen LogP contribution in [0.2, 0.25) is 12.1 Å². The molecule has 10 nitrogen and oxygen atoms in total. The van der Waals surface area contributed by atoms with E-state index in [9.17, 15) is 19.1 Å². The van der Waals surface area contributed by atoms with Crippen molar-refractivity contribution >= 4 is 38.6 Å². The van der Waals surface area contributed by atoms with E-state index in [1.807, 2.05) is 24.3 Å². The van der Waals surface area contributed by atoms with Crippen molar-refractivity contribution in [1.29, 1.82) is 0 Å². The molecule has 2 unspecified atom stereocenters. The Balaban J connectivity index is 1.08. The summed E-state index contributed by atoms with van der Waals surface area (Å²) < 4.78 is 29.4. The summed E-state index contributed by atoms with van der Waals surface area (Å²) in [6.07, 6.45) is 6.34. The van der Waals surface area contributed by atoms with Crippen molar-refractivity contribution in [3.63, 3.8) is 0 Å². The van der Waals surface area contributed by atoms with Crippen molar-refractivity contribution in [3.05, 3.63) is 94.2 Å². The minimum absolute atomic E-state index is 0.0205. The molecular weight excluding hydrogens is 617 g/mol. The number of primary amides is 1. The van der Waals surface area contributed by atoms with Crippen molar-refractivity contribution in [2.75, 3.05) is 19.7 Å². The Morgan fingerprint density at radius 3 is 2.60 bits per heavy atom. The summed E-state index contributed by atoms with van der Waals surface area (Å²) in [5.74, 6) is -0.318. The van der Waals surface area contributed by atoms with Gasteiger partial charge in [-0.1, -0.05) is 36.9 Å². The minimum Gasteiger partial charge on any atom is -0.481 e. The second kappa shape index (κ2) is 13.0. The van der Waals surface area contributed by atoms with Crippen molar-refractivity contribution in [2.45, 2.75) is 62.6 Å². The number of pyridine rings is 1. The molecule has 0 spiro atoms. The lowest BCUT2D eigenvalue weighted by atomic mass is 9.87. The Hall–Kier alpha value is -4.39. The Kier molecular flexibility index (Phi) is 8.64. The summed E-state index contributed by atoms with van der Waals surface area (Å²) in [4.78, 5) is 35.1. The molecule has 12 heteroatoms. The highest BCUT2D eigenvalue weighted by Crippen LogP contribution is 2.42. The molecular formula is C35H38FN5O5Si. The van der Waals surface area contributed by atoms with Crippen LogP contribution in [-0.4, -0.2) is 71.7 Å². The molecule has 3 N–H and O–H groups in total. The van der Waals surface area contributed by atoms with Crippen molar-refractivity contribution < 1.29 is 28.6 Å². The van der Waals surface area contributed by atoms with Gasteiger partial charge in [0.2, 0.25) is 5.91 Å². The third-order valence-corrected chi connectivity index (χ3v) is 11.7. The molecule has 5 heterocycles. The van der Waals surface area contributed by atoms with E-state index in [0.717, 1.165) is 74.3 Å². The van der Waals surface area contributed by atoms with E-state index in [4.69, 9.17) is 20.2 Å². The molecule has 3 atom stereocenters. The normalized spacial score (nSPS) is 20.6. The van der Waals surface area contributed by atoms with Crippen LogP contribution in [0.4, 0.5) is 4.39 Å². The number of hydrogen-bond acceptors (Lipinski definition) is 7. The molecule has 0 bridgehead atoms. The topological polar surface area (TPSA) is 133 Å². The number of para-hydroxylation sites is 1. The highest BCUT2D eigenvalue weighted by atomic mass is 28.2. The lowest BCUT2D eigenvalue weighted by molar-refractivity contribution is -0.0561. The van der Waals surface area contributed by atoms with Gasteiger partial charge in [-0.2, -0.15) is 0 Å². The molecule has 3 aliphatic heterocycles. The van der Waals surface area contributed by atoms with Crippen LogP contribution in [0, 0.1) is 5.82 Å². The number of rotatable bonds is 10. The SMILES string of the molecule is C[SiH2]C(Cn1c(CN2CCC(c3cccc4c3O[C@H](c3ccc(C(N)=O)cc3F)C=C4)CC2)nc2ccc(C(=O)O)nc21)C1CCO1. The first kappa shape index (κ1) is 31.2. The average Bonchev–Trinajstić information content (AvgIpc) is 3.38. The van der Waals surface area contributed by atoms with Gasteiger partial charge in [0, 0.05) is 39.4 Å². The number of carboxylic acid groups (broad SMARTS) is 1. The van der Waals surface area contributed by atoms with Gasteiger partial charge in [0.1, 0.15) is 29.0 Å². The van der Waals surface area contributed by atoms with Gasteiger partial charge in [-0.15, -0.1) is 0 Å². The number of nitrogens with two attached hydrogens (primary N) is 1. The number of halogens is 1. The van der Waals surface area contributed by atoms with Crippen LogP contribution in [0.3, 0.4) is 0 Å². The number of benzene rings is 2. The number of carboxylic acids is 1. The van der Waals surface area contributed by atoms with Gasteiger partial charge in [-0.05, 0) is 79.7 Å². The molecule has 3 aliphatic rings. The monoisotopic (exact) mass is 655 g/mol. The van der Waals surface area contributed by atoms with Crippen LogP contribution in [0.5, 0.6) is 5.75 Å². The molecule has 0 saturated carbocycles. The van der Waals surface area contributed by atoms with E-state index < -0.39 is 33.3 Å². The first-order valence-corrected chi connectivity index (χ1v) is 18.5. The van der Waals surface area contributed by atoms with Gasteiger partial charge in [0.05, 0.1) is 12.6 Å². The molecule has 244 valence electrons.